The number of primary amides is 1. The molecule has 1 atom stereocenters. The summed E-state index contributed by atoms with van der Waals surface area (Å²) in [6.07, 6.45) is 2.04. The van der Waals surface area contributed by atoms with Crippen molar-refractivity contribution in [2.75, 3.05) is 24.3 Å². The van der Waals surface area contributed by atoms with Crippen LogP contribution in [0.15, 0.2) is 18.2 Å². The van der Waals surface area contributed by atoms with Crippen LogP contribution in [-0.4, -0.2) is 25.2 Å². The van der Waals surface area contributed by atoms with Gasteiger partial charge in [-0.3, -0.25) is 4.79 Å². The van der Waals surface area contributed by atoms with Gasteiger partial charge < -0.3 is 21.5 Å². The monoisotopic (exact) mass is 235 g/mol. The molecule has 1 heterocycles. The van der Waals surface area contributed by atoms with Gasteiger partial charge in [0, 0.05) is 24.0 Å². The molecule has 1 amide bonds. The number of benzene rings is 1. The predicted octanol–water partition coefficient (Wildman–Crippen LogP) is 0.959. The molecule has 92 valence electrons. The smallest absolute Gasteiger partial charge is 0.250 e. The van der Waals surface area contributed by atoms with Crippen molar-refractivity contribution in [2.45, 2.75) is 18.9 Å². The summed E-state index contributed by atoms with van der Waals surface area (Å²) < 4.78 is 5.37. The zero-order valence-electron chi connectivity index (χ0n) is 9.61. The van der Waals surface area contributed by atoms with Crippen LogP contribution in [0.25, 0.3) is 0 Å². The Morgan fingerprint density at radius 1 is 1.47 bits per heavy atom. The number of carbonyl (C=O) groups is 1. The Morgan fingerprint density at radius 2 is 2.29 bits per heavy atom. The summed E-state index contributed by atoms with van der Waals surface area (Å²) in [5.41, 5.74) is 12.8. The fourth-order valence-corrected chi connectivity index (χ4v) is 1.97. The van der Waals surface area contributed by atoms with Gasteiger partial charge in [-0.25, -0.2) is 0 Å². The number of nitrogens with two attached hydrogens (primary N) is 2. The van der Waals surface area contributed by atoms with E-state index < -0.39 is 5.91 Å². The first kappa shape index (κ1) is 11.7. The highest BCUT2D eigenvalue weighted by molar-refractivity contribution is 5.99. The molecule has 1 saturated heterocycles. The number of carbonyl (C=O) groups excluding carboxylic acids is 1. The summed E-state index contributed by atoms with van der Waals surface area (Å²) in [6, 6.07) is 5.25. The minimum atomic E-state index is -0.454. The van der Waals surface area contributed by atoms with Crippen molar-refractivity contribution in [1.82, 2.24) is 0 Å². The van der Waals surface area contributed by atoms with E-state index in [9.17, 15) is 4.79 Å². The van der Waals surface area contributed by atoms with Gasteiger partial charge in [-0.1, -0.05) is 0 Å². The number of amides is 1. The van der Waals surface area contributed by atoms with Crippen LogP contribution < -0.4 is 16.8 Å². The molecule has 0 radical (unpaired) electrons. The van der Waals surface area contributed by atoms with Crippen molar-refractivity contribution in [1.29, 1.82) is 0 Å². The lowest BCUT2D eigenvalue weighted by Gasteiger charge is -2.25. The van der Waals surface area contributed by atoms with E-state index in [0.717, 1.165) is 19.4 Å². The molecule has 0 bridgehead atoms. The Morgan fingerprint density at radius 3 is 2.94 bits per heavy atom. The van der Waals surface area contributed by atoms with E-state index in [1.54, 1.807) is 18.2 Å². The van der Waals surface area contributed by atoms with Crippen molar-refractivity contribution in [2.24, 2.45) is 5.73 Å². The van der Waals surface area contributed by atoms with Gasteiger partial charge in [0.1, 0.15) is 0 Å². The predicted molar refractivity (Wildman–Crippen MR) is 66.8 cm³/mol. The lowest BCUT2D eigenvalue weighted by atomic mass is 10.1. The highest BCUT2D eigenvalue weighted by Crippen LogP contribution is 2.21. The van der Waals surface area contributed by atoms with E-state index in [4.69, 9.17) is 16.2 Å². The standard InChI is InChI=1S/C12H17N3O2/c13-8-3-4-10(12(14)16)11(6-8)15-9-2-1-5-17-7-9/h3-4,6,9,15H,1-2,5,7,13H2,(H2,14,16). The third-order valence-electron chi connectivity index (χ3n) is 2.83. The summed E-state index contributed by atoms with van der Waals surface area (Å²) in [7, 11) is 0. The summed E-state index contributed by atoms with van der Waals surface area (Å²) in [5.74, 6) is -0.454. The number of ether oxygens (including phenoxy) is 1. The number of anilines is 2. The summed E-state index contributed by atoms with van der Waals surface area (Å²) in [4.78, 5) is 11.3. The lowest BCUT2D eigenvalue weighted by molar-refractivity contribution is 0.0874. The molecular weight excluding hydrogens is 218 g/mol. The molecule has 0 aliphatic carbocycles. The third kappa shape index (κ3) is 2.88. The zero-order chi connectivity index (χ0) is 12.3. The van der Waals surface area contributed by atoms with Crippen LogP contribution in [0.2, 0.25) is 0 Å². The average Bonchev–Trinajstić information content (AvgIpc) is 2.30. The molecule has 5 heteroatoms. The van der Waals surface area contributed by atoms with Gasteiger partial charge in [0.25, 0.3) is 5.91 Å². The summed E-state index contributed by atoms with van der Waals surface area (Å²) >= 11 is 0. The lowest BCUT2D eigenvalue weighted by Crippen LogP contribution is -2.31. The molecule has 1 aromatic rings. The second kappa shape index (κ2) is 5.05. The number of hydrogen-bond acceptors (Lipinski definition) is 4. The average molecular weight is 235 g/mol. The number of rotatable bonds is 3. The van der Waals surface area contributed by atoms with Gasteiger partial charge in [-0.15, -0.1) is 0 Å². The van der Waals surface area contributed by atoms with Crippen LogP contribution in [0.5, 0.6) is 0 Å². The van der Waals surface area contributed by atoms with Gasteiger partial charge in [0.2, 0.25) is 0 Å². The van der Waals surface area contributed by atoms with Gasteiger partial charge in [0.05, 0.1) is 12.2 Å². The van der Waals surface area contributed by atoms with Crippen LogP contribution in [0.3, 0.4) is 0 Å². The van der Waals surface area contributed by atoms with E-state index in [0.29, 0.717) is 23.5 Å². The Labute approximate surface area is 100 Å². The molecule has 1 aliphatic heterocycles. The third-order valence-corrected chi connectivity index (χ3v) is 2.83. The maximum Gasteiger partial charge on any atom is 0.250 e. The molecule has 0 saturated carbocycles. The Kier molecular flexibility index (Phi) is 3.49. The van der Waals surface area contributed by atoms with Gasteiger partial charge >= 0.3 is 0 Å². The van der Waals surface area contributed by atoms with Crippen molar-refractivity contribution in [3.63, 3.8) is 0 Å². The molecule has 5 N–H and O–H groups in total. The number of hydrogen-bond donors (Lipinski definition) is 3. The molecule has 5 nitrogen and oxygen atoms in total. The second-order valence-electron chi connectivity index (χ2n) is 4.23. The van der Waals surface area contributed by atoms with Crippen LogP contribution in [-0.2, 0) is 4.74 Å². The van der Waals surface area contributed by atoms with Crippen molar-refractivity contribution in [3.05, 3.63) is 23.8 Å². The maximum absolute atomic E-state index is 11.3. The van der Waals surface area contributed by atoms with E-state index in [2.05, 4.69) is 5.32 Å². The second-order valence-corrected chi connectivity index (χ2v) is 4.23. The first-order valence-electron chi connectivity index (χ1n) is 5.70. The Balaban J connectivity index is 2.17. The molecule has 0 spiro atoms. The van der Waals surface area contributed by atoms with Crippen LogP contribution in [0.4, 0.5) is 11.4 Å². The first-order chi connectivity index (χ1) is 8.16. The molecule has 1 aliphatic rings. The topological polar surface area (TPSA) is 90.4 Å². The SMILES string of the molecule is NC(=O)c1ccc(N)cc1NC1CCCOC1. The highest BCUT2D eigenvalue weighted by atomic mass is 16.5. The van der Waals surface area contributed by atoms with E-state index in [1.807, 2.05) is 0 Å². The van der Waals surface area contributed by atoms with Crippen LogP contribution in [0.1, 0.15) is 23.2 Å². The van der Waals surface area contributed by atoms with Crippen LogP contribution >= 0.6 is 0 Å². The van der Waals surface area contributed by atoms with Crippen molar-refractivity contribution >= 4 is 17.3 Å². The fourth-order valence-electron chi connectivity index (χ4n) is 1.97. The molecule has 17 heavy (non-hydrogen) atoms. The molecule has 0 aromatic heterocycles. The molecule has 1 unspecified atom stereocenters. The van der Waals surface area contributed by atoms with Gasteiger partial charge in [-0.2, -0.15) is 0 Å². The van der Waals surface area contributed by atoms with Crippen molar-refractivity contribution < 1.29 is 9.53 Å². The fraction of sp³-hybridized carbons (Fsp3) is 0.417. The largest absolute Gasteiger partial charge is 0.399 e. The van der Waals surface area contributed by atoms with E-state index >= 15 is 0 Å². The summed E-state index contributed by atoms with van der Waals surface area (Å²) in [6.45, 7) is 1.45. The molecule has 1 fully saturated rings. The number of nitrogens with one attached hydrogen (secondary N) is 1. The Hall–Kier alpha value is -1.75. The normalized spacial score (nSPS) is 19.9. The summed E-state index contributed by atoms with van der Waals surface area (Å²) in [5, 5.41) is 3.27. The molecule has 2 rings (SSSR count). The van der Waals surface area contributed by atoms with Crippen molar-refractivity contribution in [3.8, 4) is 0 Å². The molecular formula is C12H17N3O2. The highest BCUT2D eigenvalue weighted by Gasteiger charge is 2.16. The van der Waals surface area contributed by atoms with E-state index in [1.165, 1.54) is 0 Å². The minimum Gasteiger partial charge on any atom is -0.399 e. The van der Waals surface area contributed by atoms with E-state index in [-0.39, 0.29) is 6.04 Å². The minimum absolute atomic E-state index is 0.212. The van der Waals surface area contributed by atoms with Crippen LogP contribution in [0, 0.1) is 0 Å². The first-order valence-corrected chi connectivity index (χ1v) is 5.70. The number of nitrogen functional groups attached to an aromatic ring is 1. The Bertz CT molecular complexity index is 414. The quantitative estimate of drug-likeness (QED) is 0.680. The van der Waals surface area contributed by atoms with Gasteiger partial charge in [0.15, 0.2) is 0 Å². The van der Waals surface area contributed by atoms with Gasteiger partial charge in [-0.05, 0) is 31.0 Å². The zero-order valence-corrected chi connectivity index (χ0v) is 9.61. The maximum atomic E-state index is 11.3. The molecule has 1 aromatic carbocycles.